The Morgan fingerprint density at radius 2 is 1.71 bits per heavy atom. The van der Waals surface area contributed by atoms with Crippen molar-refractivity contribution in [2.45, 2.75) is 6.54 Å². The van der Waals surface area contributed by atoms with Gasteiger partial charge in [-0.1, -0.05) is 6.07 Å². The molecule has 1 aromatic carbocycles. The zero-order chi connectivity index (χ0) is 15.2. The first-order chi connectivity index (χ1) is 10.2. The molecule has 0 saturated carbocycles. The molecule has 0 aliphatic carbocycles. The van der Waals surface area contributed by atoms with Gasteiger partial charge in [0.2, 0.25) is 5.75 Å². The van der Waals surface area contributed by atoms with Gasteiger partial charge >= 0.3 is 0 Å². The Morgan fingerprint density at radius 1 is 1.05 bits per heavy atom. The normalized spacial score (nSPS) is 10.1. The Labute approximate surface area is 132 Å². The van der Waals surface area contributed by atoms with Gasteiger partial charge in [-0.3, -0.25) is 0 Å². The van der Waals surface area contributed by atoms with Gasteiger partial charge in [0.25, 0.3) is 0 Å². The van der Waals surface area contributed by atoms with E-state index in [4.69, 9.17) is 14.2 Å². The Hall–Kier alpha value is -1.95. The molecule has 21 heavy (non-hydrogen) atoms. The minimum absolute atomic E-state index is 0.575. The lowest BCUT2D eigenvalue weighted by Crippen LogP contribution is -2.03. The van der Waals surface area contributed by atoms with Gasteiger partial charge in [-0.15, -0.1) is 0 Å². The van der Waals surface area contributed by atoms with E-state index in [-0.39, 0.29) is 0 Å². The lowest BCUT2D eigenvalue weighted by molar-refractivity contribution is 0.324. The number of nitrogens with one attached hydrogen (secondary N) is 1. The number of rotatable bonds is 6. The molecular formula is C15H17BrN2O3. The van der Waals surface area contributed by atoms with Gasteiger partial charge in [0.15, 0.2) is 11.5 Å². The fraction of sp³-hybridized carbons (Fsp3) is 0.267. The number of halogens is 1. The first-order valence-corrected chi connectivity index (χ1v) is 7.12. The molecule has 0 fully saturated rings. The predicted octanol–water partition coefficient (Wildman–Crippen LogP) is 3.48. The number of anilines is 1. The zero-order valence-electron chi connectivity index (χ0n) is 12.1. The van der Waals surface area contributed by atoms with E-state index in [0.29, 0.717) is 23.8 Å². The highest BCUT2D eigenvalue weighted by atomic mass is 79.9. The highest BCUT2D eigenvalue weighted by Crippen LogP contribution is 2.39. The zero-order valence-corrected chi connectivity index (χ0v) is 13.7. The third kappa shape index (κ3) is 3.78. The Kier molecular flexibility index (Phi) is 5.27. The smallest absolute Gasteiger partial charge is 0.203 e. The SMILES string of the molecule is COc1cc(NCc2cccc(Br)n2)cc(OC)c1OC. The molecule has 2 aromatic rings. The van der Waals surface area contributed by atoms with Crippen LogP contribution in [0.2, 0.25) is 0 Å². The van der Waals surface area contributed by atoms with Crippen LogP contribution in [0.25, 0.3) is 0 Å². The van der Waals surface area contributed by atoms with Crippen molar-refractivity contribution < 1.29 is 14.2 Å². The fourth-order valence-electron chi connectivity index (χ4n) is 1.92. The molecule has 0 aliphatic rings. The monoisotopic (exact) mass is 352 g/mol. The third-order valence-corrected chi connectivity index (χ3v) is 3.35. The molecule has 1 aromatic heterocycles. The third-order valence-electron chi connectivity index (χ3n) is 2.91. The van der Waals surface area contributed by atoms with E-state index in [1.165, 1.54) is 0 Å². The van der Waals surface area contributed by atoms with Crippen LogP contribution in [-0.2, 0) is 6.54 Å². The van der Waals surface area contributed by atoms with Crippen LogP contribution in [0.4, 0.5) is 5.69 Å². The van der Waals surface area contributed by atoms with Crippen molar-refractivity contribution in [1.82, 2.24) is 4.98 Å². The first-order valence-electron chi connectivity index (χ1n) is 6.33. The van der Waals surface area contributed by atoms with Crippen molar-refractivity contribution in [2.75, 3.05) is 26.6 Å². The maximum absolute atomic E-state index is 5.32. The number of methoxy groups -OCH3 is 3. The Bertz CT molecular complexity index is 595. The lowest BCUT2D eigenvalue weighted by Gasteiger charge is -2.15. The highest BCUT2D eigenvalue weighted by molar-refractivity contribution is 9.10. The van der Waals surface area contributed by atoms with E-state index < -0.39 is 0 Å². The summed E-state index contributed by atoms with van der Waals surface area (Å²) in [5.74, 6) is 1.80. The Morgan fingerprint density at radius 3 is 2.24 bits per heavy atom. The van der Waals surface area contributed by atoms with E-state index >= 15 is 0 Å². The molecular weight excluding hydrogens is 336 g/mol. The summed E-state index contributed by atoms with van der Waals surface area (Å²) in [7, 11) is 4.77. The average Bonchev–Trinajstić information content (AvgIpc) is 2.51. The summed E-state index contributed by atoms with van der Waals surface area (Å²) >= 11 is 3.36. The van der Waals surface area contributed by atoms with Gasteiger partial charge in [0.1, 0.15) is 4.60 Å². The molecule has 0 bridgehead atoms. The van der Waals surface area contributed by atoms with Gasteiger partial charge in [0, 0.05) is 17.8 Å². The highest BCUT2D eigenvalue weighted by Gasteiger charge is 2.13. The second-order valence-corrected chi connectivity index (χ2v) is 5.03. The van der Waals surface area contributed by atoms with Crippen molar-refractivity contribution in [3.63, 3.8) is 0 Å². The maximum Gasteiger partial charge on any atom is 0.203 e. The molecule has 0 amide bonds. The van der Waals surface area contributed by atoms with Gasteiger partial charge in [-0.25, -0.2) is 4.98 Å². The van der Waals surface area contributed by atoms with Crippen LogP contribution in [0, 0.1) is 0 Å². The second kappa shape index (κ2) is 7.17. The topological polar surface area (TPSA) is 52.6 Å². The minimum Gasteiger partial charge on any atom is -0.493 e. The standard InChI is InChI=1S/C15H17BrN2O3/c1-19-12-7-11(8-13(20-2)15(12)21-3)17-9-10-5-4-6-14(16)18-10/h4-8,17H,9H2,1-3H3. The molecule has 2 rings (SSSR count). The number of benzene rings is 1. The summed E-state index contributed by atoms with van der Waals surface area (Å²) in [6.45, 7) is 0.595. The van der Waals surface area contributed by atoms with E-state index in [9.17, 15) is 0 Å². The molecule has 0 unspecified atom stereocenters. The number of pyridine rings is 1. The summed E-state index contributed by atoms with van der Waals surface area (Å²) in [5, 5.41) is 3.29. The summed E-state index contributed by atoms with van der Waals surface area (Å²) in [6.07, 6.45) is 0. The van der Waals surface area contributed by atoms with Crippen LogP contribution < -0.4 is 19.5 Å². The first kappa shape index (κ1) is 15.4. The van der Waals surface area contributed by atoms with Crippen molar-refractivity contribution >= 4 is 21.6 Å². The molecule has 1 heterocycles. The fourth-order valence-corrected chi connectivity index (χ4v) is 2.30. The summed E-state index contributed by atoms with van der Waals surface area (Å²) in [5.41, 5.74) is 1.80. The largest absolute Gasteiger partial charge is 0.493 e. The van der Waals surface area contributed by atoms with Crippen molar-refractivity contribution in [2.24, 2.45) is 0 Å². The van der Waals surface area contributed by atoms with Crippen LogP contribution in [0.3, 0.4) is 0 Å². The van der Waals surface area contributed by atoms with E-state index in [0.717, 1.165) is 16.0 Å². The molecule has 5 nitrogen and oxygen atoms in total. The van der Waals surface area contributed by atoms with Crippen LogP contribution in [0.1, 0.15) is 5.69 Å². The molecule has 6 heteroatoms. The van der Waals surface area contributed by atoms with Gasteiger partial charge in [0.05, 0.1) is 33.6 Å². The number of nitrogens with zero attached hydrogens (tertiary/aromatic N) is 1. The number of aromatic nitrogens is 1. The number of hydrogen-bond acceptors (Lipinski definition) is 5. The van der Waals surface area contributed by atoms with Gasteiger partial charge < -0.3 is 19.5 Å². The van der Waals surface area contributed by atoms with Crippen LogP contribution in [0.15, 0.2) is 34.9 Å². The molecule has 112 valence electrons. The quantitative estimate of drug-likeness (QED) is 0.806. The van der Waals surface area contributed by atoms with E-state index in [1.807, 2.05) is 30.3 Å². The second-order valence-electron chi connectivity index (χ2n) is 4.22. The average molecular weight is 353 g/mol. The van der Waals surface area contributed by atoms with Crippen molar-refractivity contribution in [3.8, 4) is 17.2 Å². The summed E-state index contributed by atoms with van der Waals surface area (Å²) < 4.78 is 16.8. The van der Waals surface area contributed by atoms with Gasteiger partial charge in [-0.2, -0.15) is 0 Å². The van der Waals surface area contributed by atoms with Crippen molar-refractivity contribution in [3.05, 3.63) is 40.6 Å². The lowest BCUT2D eigenvalue weighted by atomic mass is 10.2. The van der Waals surface area contributed by atoms with Crippen LogP contribution in [-0.4, -0.2) is 26.3 Å². The molecule has 0 radical (unpaired) electrons. The van der Waals surface area contributed by atoms with Gasteiger partial charge in [-0.05, 0) is 28.1 Å². The predicted molar refractivity (Wildman–Crippen MR) is 85.4 cm³/mol. The Balaban J connectivity index is 2.20. The van der Waals surface area contributed by atoms with Crippen LogP contribution in [0.5, 0.6) is 17.2 Å². The van der Waals surface area contributed by atoms with E-state index in [2.05, 4.69) is 26.2 Å². The summed E-state index contributed by atoms with van der Waals surface area (Å²) in [6, 6.07) is 9.51. The number of hydrogen-bond donors (Lipinski definition) is 1. The molecule has 0 aliphatic heterocycles. The molecule has 0 saturated heterocycles. The summed E-state index contributed by atoms with van der Waals surface area (Å²) in [4.78, 5) is 4.37. The number of ether oxygens (including phenoxy) is 3. The van der Waals surface area contributed by atoms with Crippen LogP contribution >= 0.6 is 15.9 Å². The maximum atomic E-state index is 5.32. The molecule has 0 spiro atoms. The molecule has 1 N–H and O–H groups in total. The van der Waals surface area contributed by atoms with Crippen molar-refractivity contribution in [1.29, 1.82) is 0 Å². The van der Waals surface area contributed by atoms with E-state index in [1.54, 1.807) is 21.3 Å². The minimum atomic E-state index is 0.575. The molecule has 0 atom stereocenters.